The molecule has 2 aromatic rings. The van der Waals surface area contributed by atoms with Gasteiger partial charge >= 0.3 is 0 Å². The molecule has 0 heterocycles. The van der Waals surface area contributed by atoms with Crippen LogP contribution in [0.5, 0.6) is 11.5 Å². The molecule has 0 bridgehead atoms. The van der Waals surface area contributed by atoms with Gasteiger partial charge in [0.05, 0.1) is 14.2 Å². The summed E-state index contributed by atoms with van der Waals surface area (Å²) in [5.41, 5.74) is 1.37. The number of halogens is 1. The highest BCUT2D eigenvalue weighted by Crippen LogP contribution is 2.27. The number of methoxy groups -OCH3 is 2. The number of carbonyl (C=O) groups excluding carboxylic acids is 1. The zero-order chi connectivity index (χ0) is 15.9. The summed E-state index contributed by atoms with van der Waals surface area (Å²) in [6.07, 6.45) is 3.04. The van der Waals surface area contributed by atoms with Crippen molar-refractivity contribution in [3.63, 3.8) is 0 Å². The molecular formula is C17H16ClNO3. The number of hydrogen-bond donors (Lipinski definition) is 1. The Kier molecular flexibility index (Phi) is 5.44. The van der Waals surface area contributed by atoms with Crippen LogP contribution in [0.15, 0.2) is 54.7 Å². The molecule has 0 saturated carbocycles. The highest BCUT2D eigenvalue weighted by atomic mass is 35.5. The first-order chi connectivity index (χ1) is 10.6. The van der Waals surface area contributed by atoms with Gasteiger partial charge in [-0.1, -0.05) is 11.6 Å². The summed E-state index contributed by atoms with van der Waals surface area (Å²) < 4.78 is 10.3. The second kappa shape index (κ2) is 7.52. The molecule has 1 N–H and O–H groups in total. The average molecular weight is 318 g/mol. The summed E-state index contributed by atoms with van der Waals surface area (Å²) in [4.78, 5) is 12.1. The van der Waals surface area contributed by atoms with Crippen molar-refractivity contribution in [2.45, 2.75) is 0 Å². The standard InChI is InChI=1S/C17H16ClNO3/c1-21-16-8-3-12(11-17(16)22-2)15(20)9-10-19-14-6-4-13(18)5-7-14/h3-11,19H,1-2H3/b10-9+. The minimum absolute atomic E-state index is 0.137. The van der Waals surface area contributed by atoms with E-state index in [0.29, 0.717) is 22.1 Å². The van der Waals surface area contributed by atoms with E-state index in [1.807, 2.05) is 12.1 Å². The molecule has 4 nitrogen and oxygen atoms in total. The van der Waals surface area contributed by atoms with Crippen LogP contribution < -0.4 is 14.8 Å². The molecule has 0 spiro atoms. The molecule has 2 rings (SSSR count). The predicted molar refractivity (Wildman–Crippen MR) is 88.1 cm³/mol. The number of allylic oxidation sites excluding steroid dienone is 1. The fourth-order valence-electron chi connectivity index (χ4n) is 1.85. The summed E-state index contributed by atoms with van der Waals surface area (Å²) in [5.74, 6) is 0.970. The lowest BCUT2D eigenvalue weighted by atomic mass is 10.1. The number of hydrogen-bond acceptors (Lipinski definition) is 4. The van der Waals surface area contributed by atoms with Gasteiger partial charge in [-0.2, -0.15) is 0 Å². The van der Waals surface area contributed by atoms with Gasteiger partial charge < -0.3 is 14.8 Å². The molecule has 5 heteroatoms. The van der Waals surface area contributed by atoms with E-state index in [4.69, 9.17) is 21.1 Å². The summed E-state index contributed by atoms with van der Waals surface area (Å²) >= 11 is 5.81. The first-order valence-electron chi connectivity index (χ1n) is 6.59. The van der Waals surface area contributed by atoms with Gasteiger partial charge in [-0.3, -0.25) is 4.79 Å². The third-order valence-corrected chi connectivity index (χ3v) is 3.25. The molecule has 0 amide bonds. The van der Waals surface area contributed by atoms with Gasteiger partial charge in [-0.25, -0.2) is 0 Å². The second-order valence-electron chi connectivity index (χ2n) is 4.42. The maximum Gasteiger partial charge on any atom is 0.187 e. The number of benzene rings is 2. The predicted octanol–water partition coefficient (Wildman–Crippen LogP) is 4.17. The maximum atomic E-state index is 12.1. The van der Waals surface area contributed by atoms with Crippen LogP contribution >= 0.6 is 11.6 Å². The van der Waals surface area contributed by atoms with Gasteiger partial charge in [-0.05, 0) is 42.5 Å². The molecular weight excluding hydrogens is 302 g/mol. The molecule has 114 valence electrons. The van der Waals surface area contributed by atoms with E-state index in [1.54, 1.807) is 43.6 Å². The Balaban J connectivity index is 2.05. The molecule has 0 aliphatic rings. The lowest BCUT2D eigenvalue weighted by molar-refractivity contribution is 0.104. The van der Waals surface area contributed by atoms with Crippen molar-refractivity contribution in [1.29, 1.82) is 0 Å². The Hall–Kier alpha value is -2.46. The van der Waals surface area contributed by atoms with Crippen molar-refractivity contribution >= 4 is 23.1 Å². The highest BCUT2D eigenvalue weighted by molar-refractivity contribution is 6.30. The largest absolute Gasteiger partial charge is 0.493 e. The van der Waals surface area contributed by atoms with Crippen LogP contribution in [0.25, 0.3) is 0 Å². The third-order valence-electron chi connectivity index (χ3n) is 3.00. The number of ketones is 1. The Morgan fingerprint density at radius 3 is 2.36 bits per heavy atom. The van der Waals surface area contributed by atoms with Crippen LogP contribution in [0.2, 0.25) is 5.02 Å². The minimum atomic E-state index is -0.137. The van der Waals surface area contributed by atoms with Crippen LogP contribution in [0.3, 0.4) is 0 Å². The van der Waals surface area contributed by atoms with E-state index in [-0.39, 0.29) is 5.78 Å². The quantitative estimate of drug-likeness (QED) is 0.642. The molecule has 22 heavy (non-hydrogen) atoms. The first-order valence-corrected chi connectivity index (χ1v) is 6.97. The molecule has 0 aromatic heterocycles. The zero-order valence-corrected chi connectivity index (χ0v) is 13.1. The first kappa shape index (κ1) is 15.9. The van der Waals surface area contributed by atoms with Crippen molar-refractivity contribution in [2.24, 2.45) is 0 Å². The summed E-state index contributed by atoms with van der Waals surface area (Å²) in [7, 11) is 3.08. The Morgan fingerprint density at radius 1 is 1.05 bits per heavy atom. The summed E-state index contributed by atoms with van der Waals surface area (Å²) in [5, 5.41) is 3.67. The molecule has 0 radical (unpaired) electrons. The van der Waals surface area contributed by atoms with E-state index < -0.39 is 0 Å². The number of nitrogens with one attached hydrogen (secondary N) is 1. The molecule has 2 aromatic carbocycles. The average Bonchev–Trinajstić information content (AvgIpc) is 2.55. The minimum Gasteiger partial charge on any atom is -0.493 e. The molecule has 0 aliphatic heterocycles. The number of ether oxygens (including phenoxy) is 2. The van der Waals surface area contributed by atoms with Gasteiger partial charge in [0.25, 0.3) is 0 Å². The van der Waals surface area contributed by atoms with Gasteiger partial charge in [0.15, 0.2) is 17.3 Å². The smallest absolute Gasteiger partial charge is 0.187 e. The normalized spacial score (nSPS) is 10.5. The summed E-state index contributed by atoms with van der Waals surface area (Å²) in [6, 6.07) is 12.2. The van der Waals surface area contributed by atoms with Crippen molar-refractivity contribution in [2.75, 3.05) is 19.5 Å². The molecule has 0 atom stereocenters. The van der Waals surface area contributed by atoms with Crippen LogP contribution in [0, 0.1) is 0 Å². The van der Waals surface area contributed by atoms with Crippen molar-refractivity contribution < 1.29 is 14.3 Å². The van der Waals surface area contributed by atoms with Crippen molar-refractivity contribution in [3.8, 4) is 11.5 Å². The van der Waals surface area contributed by atoms with Crippen molar-refractivity contribution in [3.05, 3.63) is 65.3 Å². The van der Waals surface area contributed by atoms with E-state index in [2.05, 4.69) is 5.32 Å². The Labute approximate surface area is 134 Å². The van der Waals surface area contributed by atoms with Crippen LogP contribution in [-0.2, 0) is 0 Å². The van der Waals surface area contributed by atoms with Gasteiger partial charge in [0.1, 0.15) is 0 Å². The lowest BCUT2D eigenvalue weighted by Gasteiger charge is -2.08. The van der Waals surface area contributed by atoms with Gasteiger partial charge in [-0.15, -0.1) is 0 Å². The number of rotatable bonds is 6. The van der Waals surface area contributed by atoms with Gasteiger partial charge in [0, 0.05) is 28.5 Å². The van der Waals surface area contributed by atoms with Crippen LogP contribution in [0.1, 0.15) is 10.4 Å². The van der Waals surface area contributed by atoms with E-state index >= 15 is 0 Å². The molecule has 0 saturated heterocycles. The zero-order valence-electron chi connectivity index (χ0n) is 12.3. The van der Waals surface area contributed by atoms with E-state index in [1.165, 1.54) is 13.2 Å². The van der Waals surface area contributed by atoms with E-state index in [9.17, 15) is 4.79 Å². The SMILES string of the molecule is COc1ccc(C(=O)/C=C/Nc2ccc(Cl)cc2)cc1OC. The molecule has 0 unspecified atom stereocenters. The Morgan fingerprint density at radius 2 is 1.73 bits per heavy atom. The highest BCUT2D eigenvalue weighted by Gasteiger charge is 2.08. The number of carbonyl (C=O) groups is 1. The van der Waals surface area contributed by atoms with Crippen LogP contribution in [0.4, 0.5) is 5.69 Å². The lowest BCUT2D eigenvalue weighted by Crippen LogP contribution is -1.98. The van der Waals surface area contributed by atoms with Crippen molar-refractivity contribution in [1.82, 2.24) is 0 Å². The third kappa shape index (κ3) is 4.02. The van der Waals surface area contributed by atoms with Gasteiger partial charge in [0.2, 0.25) is 0 Å². The maximum absolute atomic E-state index is 12.1. The fourth-order valence-corrected chi connectivity index (χ4v) is 1.97. The van der Waals surface area contributed by atoms with Crippen LogP contribution in [-0.4, -0.2) is 20.0 Å². The Bertz CT molecular complexity index is 681. The second-order valence-corrected chi connectivity index (χ2v) is 4.86. The monoisotopic (exact) mass is 317 g/mol. The van der Waals surface area contributed by atoms with E-state index in [0.717, 1.165) is 5.69 Å². The topological polar surface area (TPSA) is 47.6 Å². The molecule has 0 aliphatic carbocycles. The molecule has 0 fully saturated rings. The number of anilines is 1. The summed E-state index contributed by atoms with van der Waals surface area (Å²) in [6.45, 7) is 0. The fraction of sp³-hybridized carbons (Fsp3) is 0.118.